The molecule has 0 unspecified atom stereocenters. The minimum Gasteiger partial charge on any atom is -0.284 e. The average Bonchev–Trinajstić information content (AvgIpc) is 3.20. The molecule has 0 radical (unpaired) electrons. The van der Waals surface area contributed by atoms with Crippen LogP contribution in [-0.2, 0) is 20.8 Å². The SMILES string of the molecule is CN1C(=O)[C@@H]2[C@@H](ON3C[C@H](/C=C/Cc4ccccc4)c4ccccc4[C@@H]23)C1=O. The highest BCUT2D eigenvalue weighted by atomic mass is 16.7. The molecule has 2 aromatic carbocycles. The number of allylic oxidation sites excluding steroid dienone is 1. The van der Waals surface area contributed by atoms with Crippen molar-refractivity contribution < 1.29 is 14.4 Å². The quantitative estimate of drug-likeness (QED) is 0.612. The second-order valence-corrected chi connectivity index (χ2v) is 7.69. The van der Waals surface area contributed by atoms with Gasteiger partial charge in [-0.25, -0.2) is 0 Å². The van der Waals surface area contributed by atoms with Gasteiger partial charge in [0.2, 0.25) is 5.91 Å². The van der Waals surface area contributed by atoms with Crippen LogP contribution in [0.1, 0.15) is 28.7 Å². The Labute approximate surface area is 164 Å². The molecule has 2 aromatic rings. The second kappa shape index (κ2) is 6.69. The number of rotatable bonds is 3. The summed E-state index contributed by atoms with van der Waals surface area (Å²) < 4.78 is 0. The Hall–Kier alpha value is -2.76. The van der Waals surface area contributed by atoms with Crippen LogP contribution in [0.3, 0.4) is 0 Å². The van der Waals surface area contributed by atoms with Crippen molar-refractivity contribution in [3.05, 3.63) is 83.4 Å². The predicted octanol–water partition coefficient (Wildman–Crippen LogP) is 2.85. The lowest BCUT2D eigenvalue weighted by Crippen LogP contribution is -2.39. The molecule has 3 aliphatic heterocycles. The van der Waals surface area contributed by atoms with Crippen molar-refractivity contribution in [2.45, 2.75) is 24.5 Å². The van der Waals surface area contributed by atoms with Crippen molar-refractivity contribution in [2.75, 3.05) is 13.6 Å². The summed E-state index contributed by atoms with van der Waals surface area (Å²) in [5, 5.41) is 1.86. The molecule has 0 aromatic heterocycles. The highest BCUT2D eigenvalue weighted by molar-refractivity contribution is 6.07. The Morgan fingerprint density at radius 3 is 2.50 bits per heavy atom. The largest absolute Gasteiger partial charge is 0.284 e. The van der Waals surface area contributed by atoms with E-state index in [4.69, 9.17) is 4.84 Å². The fourth-order valence-corrected chi connectivity index (χ4v) is 4.67. The lowest BCUT2D eigenvalue weighted by molar-refractivity contribution is -0.181. The van der Waals surface area contributed by atoms with Gasteiger partial charge in [-0.3, -0.25) is 19.3 Å². The Kier molecular flexibility index (Phi) is 4.14. The summed E-state index contributed by atoms with van der Waals surface area (Å²) in [5.41, 5.74) is 3.58. The van der Waals surface area contributed by atoms with Crippen LogP contribution in [-0.4, -0.2) is 41.5 Å². The maximum atomic E-state index is 12.7. The maximum Gasteiger partial charge on any atom is 0.261 e. The number of hydrogen-bond acceptors (Lipinski definition) is 4. The third-order valence-electron chi connectivity index (χ3n) is 6.07. The number of carbonyl (C=O) groups is 2. The summed E-state index contributed by atoms with van der Waals surface area (Å²) in [6, 6.07) is 18.4. The Bertz CT molecular complexity index is 955. The van der Waals surface area contributed by atoms with Crippen LogP contribution in [0.4, 0.5) is 0 Å². The first-order valence-electron chi connectivity index (χ1n) is 9.69. The molecule has 5 nitrogen and oxygen atoms in total. The van der Waals surface area contributed by atoms with Crippen LogP contribution < -0.4 is 0 Å². The summed E-state index contributed by atoms with van der Waals surface area (Å²) in [6.07, 6.45) is 4.59. The molecule has 0 saturated carbocycles. The molecule has 5 rings (SSSR count). The number of hydroxylamine groups is 2. The van der Waals surface area contributed by atoms with Crippen molar-refractivity contribution in [3.8, 4) is 0 Å². The van der Waals surface area contributed by atoms with E-state index in [9.17, 15) is 9.59 Å². The van der Waals surface area contributed by atoms with Gasteiger partial charge < -0.3 is 0 Å². The Morgan fingerprint density at radius 2 is 1.71 bits per heavy atom. The Morgan fingerprint density at radius 1 is 1.00 bits per heavy atom. The summed E-state index contributed by atoms with van der Waals surface area (Å²) in [7, 11) is 1.54. The number of fused-ring (bicyclic) bond motifs is 5. The van der Waals surface area contributed by atoms with Gasteiger partial charge in [-0.05, 0) is 23.1 Å². The van der Waals surface area contributed by atoms with Gasteiger partial charge in [0.25, 0.3) is 5.91 Å². The topological polar surface area (TPSA) is 49.9 Å². The van der Waals surface area contributed by atoms with Gasteiger partial charge in [0.05, 0.1) is 12.0 Å². The van der Waals surface area contributed by atoms with Crippen molar-refractivity contribution in [2.24, 2.45) is 5.92 Å². The van der Waals surface area contributed by atoms with Crippen LogP contribution in [0, 0.1) is 5.92 Å². The zero-order valence-corrected chi connectivity index (χ0v) is 15.7. The van der Waals surface area contributed by atoms with Crippen LogP contribution in [0.2, 0.25) is 0 Å². The molecule has 2 amide bonds. The second-order valence-electron chi connectivity index (χ2n) is 7.69. The minimum absolute atomic E-state index is 0.143. The zero-order chi connectivity index (χ0) is 19.3. The molecule has 28 heavy (non-hydrogen) atoms. The van der Waals surface area contributed by atoms with E-state index in [2.05, 4.69) is 36.4 Å². The summed E-state index contributed by atoms with van der Waals surface area (Å²) in [6.45, 7) is 0.643. The average molecular weight is 374 g/mol. The number of likely N-dealkylation sites (tertiary alicyclic amines) is 1. The van der Waals surface area contributed by atoms with Crippen LogP contribution in [0.5, 0.6) is 0 Å². The van der Waals surface area contributed by atoms with Gasteiger partial charge in [-0.2, -0.15) is 5.06 Å². The van der Waals surface area contributed by atoms with E-state index in [0.29, 0.717) is 6.54 Å². The van der Waals surface area contributed by atoms with Crippen LogP contribution >= 0.6 is 0 Å². The van der Waals surface area contributed by atoms with Gasteiger partial charge in [0.1, 0.15) is 0 Å². The van der Waals surface area contributed by atoms with Gasteiger partial charge in [-0.1, -0.05) is 66.7 Å². The molecule has 3 heterocycles. The predicted molar refractivity (Wildman–Crippen MR) is 104 cm³/mol. The van der Waals surface area contributed by atoms with Crippen molar-refractivity contribution in [1.82, 2.24) is 9.96 Å². The molecule has 0 spiro atoms. The molecular formula is C23H22N2O3. The monoisotopic (exact) mass is 374 g/mol. The smallest absolute Gasteiger partial charge is 0.261 e. The van der Waals surface area contributed by atoms with Gasteiger partial charge >= 0.3 is 0 Å². The van der Waals surface area contributed by atoms with E-state index in [1.165, 1.54) is 16.0 Å². The number of carbonyl (C=O) groups excluding carboxylic acids is 2. The van der Waals surface area contributed by atoms with E-state index >= 15 is 0 Å². The molecule has 4 atom stereocenters. The number of likely N-dealkylation sites (N-methyl/N-ethyl adjacent to an activating group) is 1. The lowest BCUT2D eigenvalue weighted by Gasteiger charge is -2.36. The number of amides is 2. The first-order valence-corrected chi connectivity index (χ1v) is 9.69. The van der Waals surface area contributed by atoms with Gasteiger partial charge in [0.15, 0.2) is 6.10 Å². The molecule has 2 saturated heterocycles. The maximum absolute atomic E-state index is 12.7. The standard InChI is InChI=1S/C23H22N2O3/c1-24-22(26)19-20-18-13-6-5-12-17(18)16(14-25(20)28-21(19)23(24)27)11-7-10-15-8-3-2-4-9-15/h2-9,11-13,16,19-21H,10,14H2,1H3/b11-7+/t16-,19-,20-,21+/m0/s1. The number of imide groups is 1. The van der Waals surface area contributed by atoms with Gasteiger partial charge in [0, 0.05) is 19.5 Å². The fourth-order valence-electron chi connectivity index (χ4n) is 4.67. The molecule has 0 N–H and O–H groups in total. The normalized spacial score (nSPS) is 29.2. The van der Waals surface area contributed by atoms with E-state index in [0.717, 1.165) is 12.0 Å². The first-order chi connectivity index (χ1) is 13.6. The number of nitrogens with zero attached hydrogens (tertiary/aromatic N) is 2. The highest BCUT2D eigenvalue weighted by Gasteiger charge is 2.60. The van der Waals surface area contributed by atoms with Crippen LogP contribution in [0.25, 0.3) is 0 Å². The van der Waals surface area contributed by atoms with E-state index in [1.54, 1.807) is 7.05 Å². The van der Waals surface area contributed by atoms with E-state index in [1.807, 2.05) is 35.4 Å². The first kappa shape index (κ1) is 17.3. The molecule has 2 fully saturated rings. The summed E-state index contributed by atoms with van der Waals surface area (Å²) >= 11 is 0. The molecule has 142 valence electrons. The number of hydrogen-bond donors (Lipinski definition) is 0. The third-order valence-corrected chi connectivity index (χ3v) is 6.07. The summed E-state index contributed by atoms with van der Waals surface area (Å²) in [5.74, 6) is -0.667. The minimum atomic E-state index is -0.692. The summed E-state index contributed by atoms with van der Waals surface area (Å²) in [4.78, 5) is 32.3. The molecule has 5 heteroatoms. The highest BCUT2D eigenvalue weighted by Crippen LogP contribution is 2.49. The van der Waals surface area contributed by atoms with Crippen molar-refractivity contribution >= 4 is 11.8 Å². The number of benzene rings is 2. The lowest BCUT2D eigenvalue weighted by atomic mass is 9.80. The van der Waals surface area contributed by atoms with Crippen LogP contribution in [0.15, 0.2) is 66.7 Å². The molecular weight excluding hydrogens is 352 g/mol. The van der Waals surface area contributed by atoms with Crippen molar-refractivity contribution in [3.63, 3.8) is 0 Å². The molecule has 3 aliphatic rings. The van der Waals surface area contributed by atoms with Crippen molar-refractivity contribution in [1.29, 1.82) is 0 Å². The fraction of sp³-hybridized carbons (Fsp3) is 0.304. The van der Waals surface area contributed by atoms with E-state index < -0.39 is 12.0 Å². The van der Waals surface area contributed by atoms with Gasteiger partial charge in [-0.15, -0.1) is 0 Å². The third kappa shape index (κ3) is 2.62. The zero-order valence-electron chi connectivity index (χ0n) is 15.7. The van der Waals surface area contributed by atoms with E-state index in [-0.39, 0.29) is 23.8 Å². The Balaban J connectivity index is 1.45. The molecule has 0 bridgehead atoms. The molecule has 0 aliphatic carbocycles.